The highest BCUT2D eigenvalue weighted by Gasteiger charge is 2.62. The van der Waals surface area contributed by atoms with Crippen LogP contribution in [-0.4, -0.2) is 17.8 Å². The quantitative estimate of drug-likeness (QED) is 0.317. The molecular formula is C24H15BrFNO4. The van der Waals surface area contributed by atoms with E-state index in [9.17, 15) is 18.8 Å². The molecule has 0 aromatic heterocycles. The fraction of sp³-hybridized carbons (Fsp3) is 0.125. The molecule has 0 spiro atoms. The zero-order valence-electron chi connectivity index (χ0n) is 16.0. The molecule has 31 heavy (non-hydrogen) atoms. The van der Waals surface area contributed by atoms with Gasteiger partial charge in [0.2, 0.25) is 11.8 Å². The number of fused-ring (bicyclic) bond motifs is 1. The zero-order chi connectivity index (χ0) is 21.8. The van der Waals surface area contributed by atoms with Crippen molar-refractivity contribution in [3.63, 3.8) is 0 Å². The van der Waals surface area contributed by atoms with Crippen molar-refractivity contribution < 1.29 is 23.5 Å². The van der Waals surface area contributed by atoms with Crippen LogP contribution in [-0.2, 0) is 19.8 Å². The van der Waals surface area contributed by atoms with Crippen LogP contribution in [0.1, 0.15) is 17.5 Å². The van der Waals surface area contributed by atoms with E-state index in [1.807, 2.05) is 6.07 Å². The van der Waals surface area contributed by atoms with E-state index in [0.717, 1.165) is 4.90 Å². The minimum absolute atomic E-state index is 0.174. The van der Waals surface area contributed by atoms with Gasteiger partial charge in [0.25, 0.3) is 0 Å². The van der Waals surface area contributed by atoms with E-state index in [0.29, 0.717) is 21.3 Å². The molecule has 0 aliphatic carbocycles. The average molecular weight is 480 g/mol. The van der Waals surface area contributed by atoms with E-state index in [1.54, 1.807) is 42.5 Å². The van der Waals surface area contributed by atoms with Crippen LogP contribution < -0.4 is 9.64 Å². The SMILES string of the molecule is O=C1C[C@@H]([C@@]2(c3ccccc3)C(=O)Oc3c(Br)cccc32)C(=O)N1c1ccc(F)cc1. The van der Waals surface area contributed by atoms with Crippen LogP contribution in [0.25, 0.3) is 0 Å². The number of esters is 1. The number of rotatable bonds is 3. The number of amides is 2. The Morgan fingerprint density at radius 1 is 0.935 bits per heavy atom. The molecule has 0 unspecified atom stereocenters. The molecule has 2 aliphatic rings. The monoisotopic (exact) mass is 479 g/mol. The fourth-order valence-corrected chi connectivity index (χ4v) is 4.99. The van der Waals surface area contributed by atoms with Crippen LogP contribution in [0.5, 0.6) is 5.75 Å². The summed E-state index contributed by atoms with van der Waals surface area (Å²) in [7, 11) is 0. The topological polar surface area (TPSA) is 63.7 Å². The van der Waals surface area contributed by atoms with Crippen LogP contribution in [0.2, 0.25) is 0 Å². The Morgan fingerprint density at radius 3 is 2.35 bits per heavy atom. The van der Waals surface area contributed by atoms with E-state index < -0.39 is 34.9 Å². The Balaban J connectivity index is 1.71. The number of hydrogen-bond acceptors (Lipinski definition) is 4. The summed E-state index contributed by atoms with van der Waals surface area (Å²) < 4.78 is 19.6. The first-order valence-corrected chi connectivity index (χ1v) is 10.4. The first-order valence-electron chi connectivity index (χ1n) is 9.63. The van der Waals surface area contributed by atoms with Crippen LogP contribution >= 0.6 is 15.9 Å². The number of carbonyl (C=O) groups is 3. The first-order chi connectivity index (χ1) is 14.9. The van der Waals surface area contributed by atoms with Crippen molar-refractivity contribution in [3.8, 4) is 5.75 Å². The van der Waals surface area contributed by atoms with Crippen molar-refractivity contribution in [1.29, 1.82) is 0 Å². The predicted molar refractivity (Wildman–Crippen MR) is 114 cm³/mol. The maximum Gasteiger partial charge on any atom is 0.327 e. The summed E-state index contributed by atoms with van der Waals surface area (Å²) in [6.07, 6.45) is -0.174. The summed E-state index contributed by atoms with van der Waals surface area (Å²) in [5.41, 5.74) is -0.0980. The Bertz CT molecular complexity index is 1230. The molecule has 1 saturated heterocycles. The molecule has 0 radical (unpaired) electrons. The number of hydrogen-bond donors (Lipinski definition) is 0. The highest BCUT2D eigenvalue weighted by Crippen LogP contribution is 2.54. The predicted octanol–water partition coefficient (Wildman–Crippen LogP) is 4.37. The van der Waals surface area contributed by atoms with Crippen LogP contribution in [0, 0.1) is 11.7 Å². The smallest absolute Gasteiger partial charge is 0.327 e. The van der Waals surface area contributed by atoms with Gasteiger partial charge in [0.05, 0.1) is 16.1 Å². The fourth-order valence-electron chi connectivity index (χ4n) is 4.54. The second-order valence-corrected chi connectivity index (χ2v) is 8.33. The third kappa shape index (κ3) is 2.76. The summed E-state index contributed by atoms with van der Waals surface area (Å²) in [4.78, 5) is 41.0. The Hall–Kier alpha value is -3.32. The molecule has 0 saturated carbocycles. The standard InChI is InChI=1S/C24H15BrFNO4/c25-19-8-4-7-17-21(19)31-23(30)24(17,14-5-2-1-3-6-14)18-13-20(28)27(22(18)29)16-11-9-15(26)10-12-16/h1-12,18H,13H2/t18-,24+/m1/s1. The van der Waals surface area contributed by atoms with Crippen molar-refractivity contribution in [2.75, 3.05) is 4.90 Å². The van der Waals surface area contributed by atoms with Gasteiger partial charge in [-0.1, -0.05) is 42.5 Å². The molecule has 5 nitrogen and oxygen atoms in total. The van der Waals surface area contributed by atoms with Gasteiger partial charge in [-0.05, 0) is 51.8 Å². The second kappa shape index (κ2) is 7.13. The lowest BCUT2D eigenvalue weighted by molar-refractivity contribution is -0.141. The van der Waals surface area contributed by atoms with Gasteiger partial charge < -0.3 is 4.74 Å². The van der Waals surface area contributed by atoms with Crippen molar-refractivity contribution in [3.05, 3.63) is 94.2 Å². The molecular weight excluding hydrogens is 465 g/mol. The summed E-state index contributed by atoms with van der Waals surface area (Å²) >= 11 is 3.41. The van der Waals surface area contributed by atoms with Crippen LogP contribution in [0.15, 0.2) is 77.3 Å². The van der Waals surface area contributed by atoms with E-state index in [4.69, 9.17) is 4.74 Å². The van der Waals surface area contributed by atoms with Crippen LogP contribution in [0.3, 0.4) is 0 Å². The summed E-state index contributed by atoms with van der Waals surface area (Å²) in [5.74, 6) is -2.71. The molecule has 5 rings (SSSR count). The van der Waals surface area contributed by atoms with Crippen LogP contribution in [0.4, 0.5) is 10.1 Å². The molecule has 2 heterocycles. The molecule has 3 aromatic carbocycles. The van der Waals surface area contributed by atoms with E-state index in [-0.39, 0.29) is 12.1 Å². The van der Waals surface area contributed by atoms with Gasteiger partial charge in [-0.2, -0.15) is 0 Å². The average Bonchev–Trinajstić information content (AvgIpc) is 3.23. The molecule has 0 bridgehead atoms. The van der Waals surface area contributed by atoms with E-state index >= 15 is 0 Å². The molecule has 154 valence electrons. The summed E-state index contributed by atoms with van der Waals surface area (Å²) in [6.45, 7) is 0. The molecule has 0 N–H and O–H groups in total. The number of benzene rings is 3. The van der Waals surface area contributed by atoms with Crippen molar-refractivity contribution >= 4 is 39.4 Å². The molecule has 3 aromatic rings. The summed E-state index contributed by atoms with van der Waals surface area (Å²) in [5, 5.41) is 0. The number of halogens is 2. The number of anilines is 1. The Morgan fingerprint density at radius 2 is 1.65 bits per heavy atom. The highest BCUT2D eigenvalue weighted by molar-refractivity contribution is 9.10. The lowest BCUT2D eigenvalue weighted by atomic mass is 9.66. The summed E-state index contributed by atoms with van der Waals surface area (Å²) in [6, 6.07) is 19.3. The normalized spacial score (nSPS) is 22.6. The molecule has 1 fully saturated rings. The maximum atomic E-state index is 13.6. The van der Waals surface area contributed by atoms with Crippen molar-refractivity contribution in [2.24, 2.45) is 5.92 Å². The first kappa shape index (κ1) is 19.6. The Kier molecular flexibility index (Phi) is 4.51. The van der Waals surface area contributed by atoms with Gasteiger partial charge in [-0.3, -0.25) is 19.3 Å². The number of ether oxygens (including phenoxy) is 1. The van der Waals surface area contributed by atoms with E-state index in [2.05, 4.69) is 15.9 Å². The number of imide groups is 1. The van der Waals surface area contributed by atoms with Gasteiger partial charge in [-0.25, -0.2) is 4.39 Å². The van der Waals surface area contributed by atoms with Gasteiger partial charge in [-0.15, -0.1) is 0 Å². The molecule has 2 aliphatic heterocycles. The maximum absolute atomic E-state index is 13.6. The third-order valence-corrected chi connectivity index (χ3v) is 6.52. The van der Waals surface area contributed by atoms with Crippen molar-refractivity contribution in [1.82, 2.24) is 0 Å². The Labute approximate surface area is 185 Å². The molecule has 7 heteroatoms. The lowest BCUT2D eigenvalue weighted by Crippen LogP contribution is -2.46. The van der Waals surface area contributed by atoms with Gasteiger partial charge in [0.15, 0.2) is 0 Å². The number of nitrogens with zero attached hydrogens (tertiary/aromatic N) is 1. The molecule has 2 amide bonds. The third-order valence-electron chi connectivity index (χ3n) is 5.89. The molecule has 2 atom stereocenters. The van der Waals surface area contributed by atoms with E-state index in [1.165, 1.54) is 24.3 Å². The minimum atomic E-state index is -1.47. The number of carbonyl (C=O) groups excluding carboxylic acids is 3. The minimum Gasteiger partial charge on any atom is -0.424 e. The van der Waals surface area contributed by atoms with Crippen molar-refractivity contribution in [2.45, 2.75) is 11.8 Å². The van der Waals surface area contributed by atoms with Gasteiger partial charge in [0, 0.05) is 12.0 Å². The zero-order valence-corrected chi connectivity index (χ0v) is 17.6. The highest BCUT2D eigenvalue weighted by atomic mass is 79.9. The number of para-hydroxylation sites is 1. The second-order valence-electron chi connectivity index (χ2n) is 7.48. The largest absolute Gasteiger partial charge is 0.424 e. The lowest BCUT2D eigenvalue weighted by Gasteiger charge is -2.31. The van der Waals surface area contributed by atoms with Gasteiger partial charge >= 0.3 is 5.97 Å². The van der Waals surface area contributed by atoms with Gasteiger partial charge in [0.1, 0.15) is 17.0 Å².